The van der Waals surface area contributed by atoms with Crippen molar-refractivity contribution in [3.63, 3.8) is 0 Å². The standard InChI is InChI=1S/C15H25ClN2O2/c1-7-10-12(16)11(18(6)17-10)8-15(19)9-13(2,3)20-14(15,4)5/h19H,7-9H2,1-6H3. The molecule has 1 N–H and O–H groups in total. The van der Waals surface area contributed by atoms with Crippen molar-refractivity contribution >= 4 is 11.6 Å². The van der Waals surface area contributed by atoms with E-state index in [0.29, 0.717) is 17.9 Å². The fourth-order valence-electron chi connectivity index (χ4n) is 3.30. The lowest BCUT2D eigenvalue weighted by atomic mass is 9.79. The van der Waals surface area contributed by atoms with Crippen LogP contribution in [0.4, 0.5) is 0 Å². The smallest absolute Gasteiger partial charge is 0.101 e. The van der Waals surface area contributed by atoms with Crippen molar-refractivity contribution in [3.8, 4) is 0 Å². The quantitative estimate of drug-likeness (QED) is 0.934. The Morgan fingerprint density at radius 1 is 1.35 bits per heavy atom. The van der Waals surface area contributed by atoms with Gasteiger partial charge in [0.1, 0.15) is 5.60 Å². The largest absolute Gasteiger partial charge is 0.386 e. The molecule has 1 aliphatic rings. The van der Waals surface area contributed by atoms with Gasteiger partial charge in [-0.25, -0.2) is 0 Å². The van der Waals surface area contributed by atoms with Crippen LogP contribution in [-0.4, -0.2) is 31.7 Å². The van der Waals surface area contributed by atoms with Crippen LogP contribution < -0.4 is 0 Å². The zero-order valence-electron chi connectivity index (χ0n) is 13.2. The Bertz CT molecular complexity index is 522. The number of halogens is 1. The molecule has 1 atom stereocenters. The summed E-state index contributed by atoms with van der Waals surface area (Å²) in [6, 6.07) is 0. The maximum Gasteiger partial charge on any atom is 0.101 e. The van der Waals surface area contributed by atoms with Crippen molar-refractivity contribution in [2.75, 3.05) is 0 Å². The second kappa shape index (κ2) is 4.72. The van der Waals surface area contributed by atoms with Gasteiger partial charge in [-0.15, -0.1) is 0 Å². The van der Waals surface area contributed by atoms with Crippen LogP contribution in [0.15, 0.2) is 0 Å². The van der Waals surface area contributed by atoms with Gasteiger partial charge in [0.25, 0.3) is 0 Å². The number of nitrogens with zero attached hydrogens (tertiary/aromatic N) is 2. The van der Waals surface area contributed by atoms with E-state index in [1.54, 1.807) is 4.68 Å². The van der Waals surface area contributed by atoms with E-state index in [0.717, 1.165) is 17.8 Å². The first-order valence-electron chi connectivity index (χ1n) is 7.14. The molecule has 0 amide bonds. The molecule has 1 aromatic heterocycles. The minimum absolute atomic E-state index is 0.336. The summed E-state index contributed by atoms with van der Waals surface area (Å²) in [6.45, 7) is 9.92. The lowest BCUT2D eigenvalue weighted by molar-refractivity contribution is -0.126. The molecule has 0 spiro atoms. The Labute approximate surface area is 126 Å². The molecular weight excluding hydrogens is 276 g/mol. The van der Waals surface area contributed by atoms with E-state index in [1.807, 2.05) is 41.7 Å². The zero-order chi connectivity index (χ0) is 15.3. The van der Waals surface area contributed by atoms with Crippen LogP contribution in [0.25, 0.3) is 0 Å². The first-order chi connectivity index (χ1) is 9.01. The van der Waals surface area contributed by atoms with Gasteiger partial charge in [0.15, 0.2) is 0 Å². The SMILES string of the molecule is CCc1nn(C)c(CC2(O)CC(C)(C)OC2(C)C)c1Cl. The van der Waals surface area contributed by atoms with Gasteiger partial charge in [0.2, 0.25) is 0 Å². The third-order valence-electron chi connectivity index (χ3n) is 4.33. The number of aliphatic hydroxyl groups is 1. The molecule has 1 aliphatic heterocycles. The molecule has 0 bridgehead atoms. The normalized spacial score (nSPS) is 28.0. The van der Waals surface area contributed by atoms with Crippen molar-refractivity contribution in [2.45, 2.75) is 70.7 Å². The summed E-state index contributed by atoms with van der Waals surface area (Å²) < 4.78 is 7.79. The third kappa shape index (κ3) is 2.49. The van der Waals surface area contributed by atoms with Crippen LogP contribution in [-0.2, 0) is 24.6 Å². The van der Waals surface area contributed by atoms with Gasteiger partial charge in [-0.3, -0.25) is 4.68 Å². The molecule has 0 aliphatic carbocycles. The number of aryl methyl sites for hydroxylation is 2. The molecule has 0 radical (unpaired) electrons. The van der Waals surface area contributed by atoms with E-state index in [1.165, 1.54) is 0 Å². The van der Waals surface area contributed by atoms with Crippen molar-refractivity contribution in [1.29, 1.82) is 0 Å². The zero-order valence-corrected chi connectivity index (χ0v) is 14.0. The molecule has 0 aromatic carbocycles. The first kappa shape index (κ1) is 15.8. The maximum absolute atomic E-state index is 11.1. The number of aromatic nitrogens is 2. The van der Waals surface area contributed by atoms with Crippen molar-refractivity contribution < 1.29 is 9.84 Å². The third-order valence-corrected chi connectivity index (χ3v) is 4.77. The van der Waals surface area contributed by atoms with Crippen molar-refractivity contribution in [3.05, 3.63) is 16.4 Å². The Morgan fingerprint density at radius 2 is 1.95 bits per heavy atom. The Kier molecular flexibility index (Phi) is 3.73. The van der Waals surface area contributed by atoms with Crippen LogP contribution >= 0.6 is 11.6 Å². The summed E-state index contributed by atoms with van der Waals surface area (Å²) in [6.07, 6.45) is 1.82. The van der Waals surface area contributed by atoms with Crippen molar-refractivity contribution in [2.24, 2.45) is 7.05 Å². The number of rotatable bonds is 3. The van der Waals surface area contributed by atoms with Crippen LogP contribution in [0.2, 0.25) is 5.02 Å². The molecule has 1 aromatic rings. The Morgan fingerprint density at radius 3 is 2.35 bits per heavy atom. The number of hydrogen-bond donors (Lipinski definition) is 1. The molecule has 1 saturated heterocycles. The molecule has 20 heavy (non-hydrogen) atoms. The van der Waals surface area contributed by atoms with E-state index in [-0.39, 0.29) is 5.60 Å². The predicted molar refractivity (Wildman–Crippen MR) is 80.1 cm³/mol. The average Bonchev–Trinajstić information content (AvgIpc) is 2.62. The minimum atomic E-state index is -0.945. The molecule has 2 rings (SSSR count). The summed E-state index contributed by atoms with van der Waals surface area (Å²) in [5.74, 6) is 0. The summed E-state index contributed by atoms with van der Waals surface area (Å²) >= 11 is 6.40. The molecule has 2 heterocycles. The van der Waals surface area contributed by atoms with E-state index >= 15 is 0 Å². The monoisotopic (exact) mass is 300 g/mol. The fraction of sp³-hybridized carbons (Fsp3) is 0.800. The highest BCUT2D eigenvalue weighted by atomic mass is 35.5. The summed E-state index contributed by atoms with van der Waals surface area (Å²) in [7, 11) is 1.87. The lowest BCUT2D eigenvalue weighted by Gasteiger charge is -2.35. The van der Waals surface area contributed by atoms with Crippen LogP contribution in [0.1, 0.15) is 52.4 Å². The maximum atomic E-state index is 11.1. The van der Waals surface area contributed by atoms with Gasteiger partial charge in [0.05, 0.1) is 27.6 Å². The summed E-state index contributed by atoms with van der Waals surface area (Å²) in [4.78, 5) is 0. The van der Waals surface area contributed by atoms with Crippen LogP contribution in [0.3, 0.4) is 0 Å². The Hall–Kier alpha value is -0.580. The molecule has 114 valence electrons. The molecule has 4 nitrogen and oxygen atoms in total. The number of ether oxygens (including phenoxy) is 1. The van der Waals surface area contributed by atoms with Crippen LogP contribution in [0.5, 0.6) is 0 Å². The van der Waals surface area contributed by atoms with E-state index in [9.17, 15) is 5.11 Å². The van der Waals surface area contributed by atoms with E-state index < -0.39 is 11.2 Å². The lowest BCUT2D eigenvalue weighted by Crippen LogP contribution is -2.48. The van der Waals surface area contributed by atoms with E-state index in [2.05, 4.69) is 5.10 Å². The van der Waals surface area contributed by atoms with Crippen LogP contribution in [0, 0.1) is 0 Å². The number of hydrogen-bond acceptors (Lipinski definition) is 3. The van der Waals surface area contributed by atoms with Gasteiger partial charge >= 0.3 is 0 Å². The van der Waals surface area contributed by atoms with Crippen molar-refractivity contribution in [1.82, 2.24) is 9.78 Å². The molecule has 5 heteroatoms. The predicted octanol–water partition coefficient (Wildman–Crippen LogP) is 2.89. The molecule has 1 fully saturated rings. The second-order valence-corrected chi connectivity index (χ2v) is 7.32. The molecule has 0 saturated carbocycles. The highest BCUT2D eigenvalue weighted by Gasteiger charge is 2.56. The minimum Gasteiger partial charge on any atom is -0.386 e. The highest BCUT2D eigenvalue weighted by Crippen LogP contribution is 2.47. The average molecular weight is 301 g/mol. The molecule has 1 unspecified atom stereocenters. The summed E-state index contributed by atoms with van der Waals surface area (Å²) in [5, 5.41) is 16.2. The molecular formula is C15H25ClN2O2. The Balaban J connectivity index is 2.36. The van der Waals surface area contributed by atoms with Gasteiger partial charge in [-0.1, -0.05) is 18.5 Å². The van der Waals surface area contributed by atoms with Gasteiger partial charge in [-0.2, -0.15) is 5.10 Å². The second-order valence-electron chi connectivity index (χ2n) is 6.94. The van der Waals surface area contributed by atoms with E-state index in [4.69, 9.17) is 16.3 Å². The topological polar surface area (TPSA) is 47.3 Å². The fourth-order valence-corrected chi connectivity index (χ4v) is 3.66. The highest BCUT2D eigenvalue weighted by molar-refractivity contribution is 6.31. The van der Waals surface area contributed by atoms with Gasteiger partial charge < -0.3 is 9.84 Å². The first-order valence-corrected chi connectivity index (χ1v) is 7.52. The van der Waals surface area contributed by atoms with Gasteiger partial charge in [0, 0.05) is 19.9 Å². The summed E-state index contributed by atoms with van der Waals surface area (Å²) in [5.41, 5.74) is -0.143. The van der Waals surface area contributed by atoms with Gasteiger partial charge in [-0.05, 0) is 34.1 Å².